The molecule has 120 valence electrons. The predicted molar refractivity (Wildman–Crippen MR) is 78.6 cm³/mol. The van der Waals surface area contributed by atoms with Crippen LogP contribution >= 0.6 is 0 Å². The third kappa shape index (κ3) is 8.07. The van der Waals surface area contributed by atoms with Gasteiger partial charge in [-0.1, -0.05) is 36.8 Å². The molecule has 1 unspecified atom stereocenters. The van der Waals surface area contributed by atoms with Gasteiger partial charge >= 0.3 is 6.18 Å². The second kappa shape index (κ2) is 9.05. The smallest absolute Gasteiger partial charge is 0.372 e. The van der Waals surface area contributed by atoms with E-state index in [2.05, 4.69) is 22.2 Å². The molecular formula is C16H24F3NO. The maximum atomic E-state index is 12.0. The fraction of sp³-hybridized carbons (Fsp3) is 0.625. The summed E-state index contributed by atoms with van der Waals surface area (Å²) in [5.74, 6) is 0.305. The van der Waals surface area contributed by atoms with Crippen molar-refractivity contribution in [2.75, 3.05) is 26.3 Å². The topological polar surface area (TPSA) is 21.3 Å². The van der Waals surface area contributed by atoms with Gasteiger partial charge in [0.2, 0.25) is 0 Å². The molecule has 1 aromatic rings. The van der Waals surface area contributed by atoms with E-state index in [0.29, 0.717) is 12.3 Å². The molecule has 0 aliphatic heterocycles. The van der Waals surface area contributed by atoms with Crippen LogP contribution in [0.5, 0.6) is 0 Å². The first-order chi connectivity index (χ1) is 9.92. The van der Waals surface area contributed by atoms with Crippen molar-refractivity contribution in [3.63, 3.8) is 0 Å². The highest BCUT2D eigenvalue weighted by atomic mass is 19.4. The molecule has 1 atom stereocenters. The van der Waals surface area contributed by atoms with Crippen LogP contribution in [-0.2, 0) is 4.74 Å². The molecule has 21 heavy (non-hydrogen) atoms. The Labute approximate surface area is 124 Å². The van der Waals surface area contributed by atoms with E-state index < -0.39 is 12.8 Å². The Balaban J connectivity index is 2.43. The van der Waals surface area contributed by atoms with Gasteiger partial charge in [0.1, 0.15) is 6.61 Å². The summed E-state index contributed by atoms with van der Waals surface area (Å²) in [7, 11) is 0. The number of benzene rings is 1. The van der Waals surface area contributed by atoms with Gasteiger partial charge in [0.25, 0.3) is 0 Å². The molecule has 1 rings (SSSR count). The summed E-state index contributed by atoms with van der Waals surface area (Å²) in [6, 6.07) is 8.27. The Morgan fingerprint density at radius 3 is 2.67 bits per heavy atom. The summed E-state index contributed by atoms with van der Waals surface area (Å²) in [6.45, 7) is 4.79. The number of alkyl halides is 3. The van der Waals surface area contributed by atoms with E-state index in [1.54, 1.807) is 0 Å². The Hall–Kier alpha value is -1.07. The van der Waals surface area contributed by atoms with Gasteiger partial charge in [-0.3, -0.25) is 0 Å². The lowest BCUT2D eigenvalue weighted by Crippen LogP contribution is -2.22. The number of ether oxygens (including phenoxy) is 1. The Morgan fingerprint density at radius 1 is 1.29 bits per heavy atom. The van der Waals surface area contributed by atoms with Gasteiger partial charge in [0.05, 0.1) is 0 Å². The fourth-order valence-corrected chi connectivity index (χ4v) is 2.25. The quantitative estimate of drug-likeness (QED) is 0.695. The minimum Gasteiger partial charge on any atom is -0.372 e. The van der Waals surface area contributed by atoms with Crippen LogP contribution < -0.4 is 5.32 Å². The van der Waals surface area contributed by atoms with Crippen molar-refractivity contribution in [2.45, 2.75) is 38.8 Å². The van der Waals surface area contributed by atoms with E-state index in [1.165, 1.54) is 11.1 Å². The lowest BCUT2D eigenvalue weighted by molar-refractivity contribution is -0.174. The van der Waals surface area contributed by atoms with Crippen molar-refractivity contribution in [1.29, 1.82) is 0 Å². The molecule has 0 spiro atoms. The van der Waals surface area contributed by atoms with E-state index in [1.807, 2.05) is 26.0 Å². The molecule has 2 nitrogen and oxygen atoms in total. The highest BCUT2D eigenvalue weighted by molar-refractivity contribution is 5.25. The summed E-state index contributed by atoms with van der Waals surface area (Å²) < 4.78 is 40.6. The fourth-order valence-electron chi connectivity index (χ4n) is 2.25. The van der Waals surface area contributed by atoms with Gasteiger partial charge < -0.3 is 10.1 Å². The molecule has 0 saturated heterocycles. The minimum absolute atomic E-state index is 0.147. The van der Waals surface area contributed by atoms with Crippen LogP contribution in [0.1, 0.15) is 36.8 Å². The van der Waals surface area contributed by atoms with Gasteiger partial charge in [-0.2, -0.15) is 13.2 Å². The van der Waals surface area contributed by atoms with Crippen LogP contribution in [0.25, 0.3) is 0 Å². The summed E-state index contributed by atoms with van der Waals surface area (Å²) in [6.07, 6.45) is -2.80. The first-order valence-corrected chi connectivity index (χ1v) is 7.34. The number of nitrogens with one attached hydrogen (secondary N) is 1. The number of halogens is 3. The molecule has 0 fully saturated rings. The predicted octanol–water partition coefficient (Wildman–Crippen LogP) is 4.05. The van der Waals surface area contributed by atoms with E-state index in [9.17, 15) is 13.2 Å². The summed E-state index contributed by atoms with van der Waals surface area (Å²) in [5, 5.41) is 3.31. The molecule has 0 aliphatic carbocycles. The van der Waals surface area contributed by atoms with Crippen LogP contribution in [0.15, 0.2) is 24.3 Å². The van der Waals surface area contributed by atoms with Crippen LogP contribution in [0.4, 0.5) is 13.2 Å². The standard InChI is InChI=1S/C16H24F3NO/c1-3-20-11-15(14-7-4-6-13(2)10-14)8-5-9-21-12-16(17,18)19/h4,6-7,10,15,20H,3,5,8-9,11-12H2,1-2H3. The zero-order valence-corrected chi connectivity index (χ0v) is 12.7. The average molecular weight is 303 g/mol. The largest absolute Gasteiger partial charge is 0.411 e. The van der Waals surface area contributed by atoms with Gasteiger partial charge in [-0.15, -0.1) is 0 Å². The molecule has 0 heterocycles. The zero-order valence-electron chi connectivity index (χ0n) is 12.7. The number of hydrogen-bond donors (Lipinski definition) is 1. The van der Waals surface area contributed by atoms with E-state index in [0.717, 1.165) is 19.5 Å². The SMILES string of the molecule is CCNCC(CCCOCC(F)(F)F)c1cccc(C)c1. The molecular weight excluding hydrogens is 279 g/mol. The average Bonchev–Trinajstić information content (AvgIpc) is 2.40. The van der Waals surface area contributed by atoms with Crippen LogP contribution in [0.2, 0.25) is 0 Å². The van der Waals surface area contributed by atoms with E-state index in [4.69, 9.17) is 0 Å². The van der Waals surface area contributed by atoms with Crippen LogP contribution in [-0.4, -0.2) is 32.5 Å². The normalized spacial score (nSPS) is 13.4. The van der Waals surface area contributed by atoms with E-state index in [-0.39, 0.29) is 6.61 Å². The highest BCUT2D eigenvalue weighted by Crippen LogP contribution is 2.22. The highest BCUT2D eigenvalue weighted by Gasteiger charge is 2.27. The van der Waals surface area contributed by atoms with Gasteiger partial charge in [0.15, 0.2) is 0 Å². The lowest BCUT2D eigenvalue weighted by Gasteiger charge is -2.18. The maximum Gasteiger partial charge on any atom is 0.411 e. The van der Waals surface area contributed by atoms with Crippen molar-refractivity contribution in [3.05, 3.63) is 35.4 Å². The third-order valence-electron chi connectivity index (χ3n) is 3.26. The Morgan fingerprint density at radius 2 is 2.05 bits per heavy atom. The molecule has 0 saturated carbocycles. The van der Waals surface area contributed by atoms with Crippen molar-refractivity contribution in [3.8, 4) is 0 Å². The first kappa shape index (κ1) is 18.0. The Kier molecular flexibility index (Phi) is 7.75. The molecule has 0 aromatic heterocycles. The van der Waals surface area contributed by atoms with Crippen LogP contribution in [0, 0.1) is 6.92 Å². The van der Waals surface area contributed by atoms with Crippen molar-refractivity contribution in [1.82, 2.24) is 5.32 Å². The molecule has 5 heteroatoms. The molecule has 0 aliphatic rings. The molecule has 1 N–H and O–H groups in total. The second-order valence-electron chi connectivity index (χ2n) is 5.23. The third-order valence-corrected chi connectivity index (χ3v) is 3.26. The van der Waals surface area contributed by atoms with Gasteiger partial charge in [-0.05, 0) is 37.8 Å². The monoisotopic (exact) mass is 303 g/mol. The molecule has 1 aromatic carbocycles. The second-order valence-corrected chi connectivity index (χ2v) is 5.23. The minimum atomic E-state index is -4.24. The number of rotatable bonds is 9. The first-order valence-electron chi connectivity index (χ1n) is 7.34. The molecule has 0 amide bonds. The summed E-state index contributed by atoms with van der Waals surface area (Å²) >= 11 is 0. The number of hydrogen-bond acceptors (Lipinski definition) is 2. The zero-order chi connectivity index (χ0) is 15.7. The van der Waals surface area contributed by atoms with Gasteiger partial charge in [0, 0.05) is 13.2 Å². The Bertz CT molecular complexity index is 407. The van der Waals surface area contributed by atoms with E-state index >= 15 is 0 Å². The summed E-state index contributed by atoms with van der Waals surface area (Å²) in [5.41, 5.74) is 2.43. The molecule has 0 radical (unpaired) electrons. The van der Waals surface area contributed by atoms with Crippen molar-refractivity contribution in [2.24, 2.45) is 0 Å². The molecule has 0 bridgehead atoms. The van der Waals surface area contributed by atoms with Crippen LogP contribution in [0.3, 0.4) is 0 Å². The number of aryl methyl sites for hydroxylation is 1. The van der Waals surface area contributed by atoms with Gasteiger partial charge in [-0.25, -0.2) is 0 Å². The van der Waals surface area contributed by atoms with Crippen molar-refractivity contribution >= 4 is 0 Å². The maximum absolute atomic E-state index is 12.0. The lowest BCUT2D eigenvalue weighted by atomic mass is 9.93. The summed E-state index contributed by atoms with van der Waals surface area (Å²) in [4.78, 5) is 0. The van der Waals surface area contributed by atoms with Crippen molar-refractivity contribution < 1.29 is 17.9 Å². The number of likely N-dealkylation sites (N-methyl/N-ethyl adjacent to an activating group) is 1.